The van der Waals surface area contributed by atoms with Crippen molar-refractivity contribution in [3.63, 3.8) is 0 Å². The van der Waals surface area contributed by atoms with Crippen molar-refractivity contribution in [3.8, 4) is 16.8 Å². The first kappa shape index (κ1) is 22.0. The van der Waals surface area contributed by atoms with E-state index in [1.165, 1.54) is 11.3 Å². The first-order valence-corrected chi connectivity index (χ1v) is 11.7. The zero-order valence-corrected chi connectivity index (χ0v) is 19.9. The molecule has 7 nitrogen and oxygen atoms in total. The van der Waals surface area contributed by atoms with Gasteiger partial charge in [0.05, 0.1) is 17.0 Å². The number of rotatable bonds is 3. The number of thiophene rings is 1. The lowest BCUT2D eigenvalue weighted by atomic mass is 9.99. The molecule has 0 bridgehead atoms. The van der Waals surface area contributed by atoms with E-state index < -0.39 is 12.0 Å². The second kappa shape index (κ2) is 8.86. The molecule has 1 atom stereocenters. The van der Waals surface area contributed by atoms with E-state index >= 15 is 0 Å². The van der Waals surface area contributed by atoms with Crippen LogP contribution in [0.3, 0.4) is 0 Å². The monoisotopic (exact) mass is 487 g/mol. The molecule has 0 aliphatic carbocycles. The Balaban J connectivity index is 1.76. The molecule has 0 spiro atoms. The molecular formula is C25H18ClN5O2S. The van der Waals surface area contributed by atoms with Crippen molar-refractivity contribution < 1.29 is 9.90 Å². The molecule has 4 aromatic rings. The maximum Gasteiger partial charge on any atom is 0.306 e. The second-order valence-corrected chi connectivity index (χ2v) is 9.20. The smallest absolute Gasteiger partial charge is 0.306 e. The van der Waals surface area contributed by atoms with Gasteiger partial charge in [0.1, 0.15) is 16.9 Å². The van der Waals surface area contributed by atoms with Crippen molar-refractivity contribution in [1.82, 2.24) is 19.7 Å². The van der Waals surface area contributed by atoms with Crippen LogP contribution in [-0.2, 0) is 4.79 Å². The Labute approximate surface area is 204 Å². The number of carboxylic acid groups (broad SMARTS) is 1. The fourth-order valence-electron chi connectivity index (χ4n) is 3.87. The quantitative estimate of drug-likeness (QED) is 0.420. The summed E-state index contributed by atoms with van der Waals surface area (Å²) in [6.07, 6.45) is 3.24. The topological polar surface area (TPSA) is 93.3 Å². The number of nitrogens with zero attached hydrogens (tertiary/aromatic N) is 5. The number of halogens is 1. The molecule has 34 heavy (non-hydrogen) atoms. The van der Waals surface area contributed by atoms with E-state index in [2.05, 4.69) is 27.0 Å². The summed E-state index contributed by atoms with van der Waals surface area (Å²) in [6.45, 7) is 3.85. The van der Waals surface area contributed by atoms with Crippen molar-refractivity contribution >= 4 is 34.6 Å². The average Bonchev–Trinajstić information content (AvgIpc) is 3.31. The van der Waals surface area contributed by atoms with Gasteiger partial charge < -0.3 is 5.11 Å². The highest BCUT2D eigenvalue weighted by atomic mass is 35.5. The van der Waals surface area contributed by atoms with Gasteiger partial charge in [0.2, 0.25) is 0 Å². The highest BCUT2D eigenvalue weighted by Crippen LogP contribution is 2.39. The lowest BCUT2D eigenvalue weighted by Gasteiger charge is -2.10. The Bertz CT molecular complexity index is 1490. The van der Waals surface area contributed by atoms with Crippen molar-refractivity contribution in [2.24, 2.45) is 4.99 Å². The van der Waals surface area contributed by atoms with Gasteiger partial charge in [0.15, 0.2) is 5.82 Å². The summed E-state index contributed by atoms with van der Waals surface area (Å²) in [5, 5.41) is 19.6. The SMILES string of the molecule is Cc1c(C#Cc2cccnc2)sc2c1C(c1ccc(Cl)cc1)=N[C@@H](CC(=O)O)c1nnc(C)n1-2. The maximum absolute atomic E-state index is 11.7. The molecule has 168 valence electrons. The van der Waals surface area contributed by atoms with Crippen LogP contribution in [0.4, 0.5) is 0 Å². The largest absolute Gasteiger partial charge is 0.481 e. The van der Waals surface area contributed by atoms with Crippen LogP contribution in [0.2, 0.25) is 5.02 Å². The molecule has 1 aromatic carbocycles. The summed E-state index contributed by atoms with van der Waals surface area (Å²) in [6, 6.07) is 10.4. The number of benzene rings is 1. The number of carbonyl (C=O) groups is 1. The molecule has 1 aliphatic heterocycles. The standard InChI is InChI=1S/C25H18ClN5O2S/c1-14-20(10-5-16-4-3-11-27-13-16)34-25-22(14)23(17-6-8-18(26)9-7-17)28-19(12-21(32)33)24-30-29-15(2)31(24)25/h3-4,6-9,11,13,19H,12H2,1-2H3,(H,32,33)/t19-/m0/s1. The molecule has 0 saturated carbocycles. The third-order valence-corrected chi connectivity index (χ3v) is 6.91. The van der Waals surface area contributed by atoms with Gasteiger partial charge >= 0.3 is 5.97 Å². The van der Waals surface area contributed by atoms with Crippen LogP contribution in [0, 0.1) is 25.7 Å². The van der Waals surface area contributed by atoms with Gasteiger partial charge in [0.25, 0.3) is 0 Å². The zero-order chi connectivity index (χ0) is 23.8. The number of hydrogen-bond acceptors (Lipinski definition) is 6. The van der Waals surface area contributed by atoms with Gasteiger partial charge in [-0.15, -0.1) is 21.5 Å². The van der Waals surface area contributed by atoms with E-state index in [0.29, 0.717) is 22.4 Å². The highest BCUT2D eigenvalue weighted by Gasteiger charge is 2.32. The molecule has 0 fully saturated rings. The molecule has 0 radical (unpaired) electrons. The van der Waals surface area contributed by atoms with Gasteiger partial charge in [-0.2, -0.15) is 0 Å². The molecule has 0 amide bonds. The number of aryl methyl sites for hydroxylation is 1. The summed E-state index contributed by atoms with van der Waals surface area (Å²) in [5.41, 5.74) is 4.19. The number of carboxylic acids is 1. The first-order valence-electron chi connectivity index (χ1n) is 10.5. The minimum absolute atomic E-state index is 0.198. The minimum atomic E-state index is -0.957. The van der Waals surface area contributed by atoms with Gasteiger partial charge in [-0.3, -0.25) is 19.3 Å². The predicted molar refractivity (Wildman–Crippen MR) is 131 cm³/mol. The van der Waals surface area contributed by atoms with Crippen LogP contribution >= 0.6 is 22.9 Å². The molecule has 9 heteroatoms. The van der Waals surface area contributed by atoms with Gasteiger partial charge in [-0.25, -0.2) is 0 Å². The van der Waals surface area contributed by atoms with E-state index in [4.69, 9.17) is 16.6 Å². The number of aromatic nitrogens is 4. The highest BCUT2D eigenvalue weighted by molar-refractivity contribution is 7.15. The molecule has 0 unspecified atom stereocenters. The first-order chi connectivity index (χ1) is 16.4. The Hall–Kier alpha value is -3.80. The van der Waals surface area contributed by atoms with Crippen LogP contribution < -0.4 is 0 Å². The molecule has 0 saturated heterocycles. The van der Waals surface area contributed by atoms with Gasteiger partial charge in [-0.1, -0.05) is 35.6 Å². The maximum atomic E-state index is 11.7. The Morgan fingerprint density at radius 2 is 1.97 bits per heavy atom. The molecule has 4 heterocycles. The third-order valence-electron chi connectivity index (χ3n) is 5.47. The van der Waals surface area contributed by atoms with E-state index in [1.807, 2.05) is 42.7 Å². The fraction of sp³-hybridized carbons (Fsp3) is 0.160. The number of pyridine rings is 1. The Morgan fingerprint density at radius 3 is 2.68 bits per heavy atom. The molecular weight excluding hydrogens is 470 g/mol. The van der Waals surface area contributed by atoms with Gasteiger partial charge in [0, 0.05) is 34.1 Å². The van der Waals surface area contributed by atoms with Crippen LogP contribution in [0.5, 0.6) is 0 Å². The molecule has 1 aliphatic rings. The fourth-order valence-corrected chi connectivity index (χ4v) is 5.22. The van der Waals surface area contributed by atoms with E-state index in [1.54, 1.807) is 24.5 Å². The summed E-state index contributed by atoms with van der Waals surface area (Å²) in [5.74, 6) is 6.66. The zero-order valence-electron chi connectivity index (χ0n) is 18.3. The second-order valence-electron chi connectivity index (χ2n) is 7.77. The van der Waals surface area contributed by atoms with Crippen molar-refractivity contribution in [1.29, 1.82) is 0 Å². The summed E-state index contributed by atoms with van der Waals surface area (Å²) in [4.78, 5) is 21.6. The number of aliphatic carboxylic acids is 1. The van der Waals surface area contributed by atoms with Crippen LogP contribution in [0.1, 0.15) is 51.2 Å². The summed E-state index contributed by atoms with van der Waals surface area (Å²) in [7, 11) is 0. The minimum Gasteiger partial charge on any atom is -0.481 e. The predicted octanol–water partition coefficient (Wildman–Crippen LogP) is 4.76. The normalized spacial score (nSPS) is 14.3. The molecule has 3 aromatic heterocycles. The lowest BCUT2D eigenvalue weighted by molar-refractivity contribution is -0.137. The Kier molecular flexibility index (Phi) is 5.74. The summed E-state index contributed by atoms with van der Waals surface area (Å²) < 4.78 is 1.91. The molecule has 5 rings (SSSR count). The number of aliphatic imine (C=N–C) groups is 1. The lowest BCUT2D eigenvalue weighted by Crippen LogP contribution is -2.10. The van der Waals surface area contributed by atoms with Crippen molar-refractivity contribution in [2.45, 2.75) is 26.3 Å². The number of fused-ring (bicyclic) bond motifs is 3. The van der Waals surface area contributed by atoms with Crippen molar-refractivity contribution in [2.75, 3.05) is 0 Å². The molecule has 1 N–H and O–H groups in total. The van der Waals surface area contributed by atoms with Gasteiger partial charge in [-0.05, 0) is 43.7 Å². The van der Waals surface area contributed by atoms with Crippen molar-refractivity contribution in [3.05, 3.63) is 92.6 Å². The third kappa shape index (κ3) is 4.00. The van der Waals surface area contributed by atoms with E-state index in [9.17, 15) is 9.90 Å². The average molecular weight is 488 g/mol. The van der Waals surface area contributed by atoms with Crippen LogP contribution in [0.25, 0.3) is 5.00 Å². The van der Waals surface area contributed by atoms with Crippen LogP contribution in [0.15, 0.2) is 53.8 Å². The number of hydrogen-bond donors (Lipinski definition) is 1. The van der Waals surface area contributed by atoms with E-state index in [0.717, 1.165) is 32.1 Å². The van der Waals surface area contributed by atoms with Crippen LogP contribution in [-0.4, -0.2) is 36.5 Å². The Morgan fingerprint density at radius 1 is 1.18 bits per heavy atom. The van der Waals surface area contributed by atoms with E-state index in [-0.39, 0.29) is 6.42 Å². The summed E-state index contributed by atoms with van der Waals surface area (Å²) >= 11 is 7.64.